The van der Waals surface area contributed by atoms with Gasteiger partial charge in [-0.1, -0.05) is 36.4 Å². The van der Waals surface area contributed by atoms with Crippen LogP contribution in [-0.2, 0) is 0 Å². The quantitative estimate of drug-likeness (QED) is 0.811. The Morgan fingerprint density at radius 1 is 0.913 bits per heavy atom. The second kappa shape index (κ2) is 5.72. The van der Waals surface area contributed by atoms with E-state index in [-0.39, 0.29) is 34.7 Å². The monoisotopic (exact) mass is 308 g/mol. The van der Waals surface area contributed by atoms with Crippen LogP contribution in [0.3, 0.4) is 0 Å². The van der Waals surface area contributed by atoms with Crippen molar-refractivity contribution in [1.82, 2.24) is 0 Å². The summed E-state index contributed by atoms with van der Waals surface area (Å²) in [5.74, 6) is -1.76. The molecule has 0 spiro atoms. The minimum Gasteiger partial charge on any atom is -0.294 e. The Bertz CT molecular complexity index is 878. The van der Waals surface area contributed by atoms with E-state index < -0.39 is 11.6 Å². The van der Waals surface area contributed by atoms with Crippen LogP contribution in [-0.4, -0.2) is 17.3 Å². The highest BCUT2D eigenvalue weighted by Crippen LogP contribution is 2.28. The van der Waals surface area contributed by atoms with Crippen LogP contribution in [0.1, 0.15) is 44.4 Å². The van der Waals surface area contributed by atoms with Gasteiger partial charge in [0.1, 0.15) is 5.82 Å². The van der Waals surface area contributed by atoms with Gasteiger partial charge in [0.05, 0.1) is 5.56 Å². The van der Waals surface area contributed by atoms with Crippen molar-refractivity contribution in [2.45, 2.75) is 13.3 Å². The molecule has 0 bridgehead atoms. The molecule has 0 heterocycles. The molecule has 0 saturated heterocycles. The Balaban J connectivity index is 1.99. The highest BCUT2D eigenvalue weighted by Gasteiger charge is 2.31. The number of allylic oxidation sites excluding steroid dienone is 2. The Labute approximate surface area is 132 Å². The van der Waals surface area contributed by atoms with Crippen LogP contribution in [0.5, 0.6) is 0 Å². The second-order valence-corrected chi connectivity index (χ2v) is 5.39. The van der Waals surface area contributed by atoms with Crippen LogP contribution in [0.25, 0.3) is 0 Å². The van der Waals surface area contributed by atoms with Crippen molar-refractivity contribution in [3.8, 4) is 0 Å². The van der Waals surface area contributed by atoms with Crippen LogP contribution >= 0.6 is 0 Å². The minimum atomic E-state index is -0.634. The number of hydrogen-bond donors (Lipinski definition) is 0. The standard InChI is InChI=1S/C19H13FO3/c1-11-15(10-17(21)14-8-4-5-9-16(14)20)19(23)13-7-3-2-6-12(13)18(11)22/h2-9H,10H2,1H3. The lowest BCUT2D eigenvalue weighted by atomic mass is 9.82. The topological polar surface area (TPSA) is 51.2 Å². The first-order valence-corrected chi connectivity index (χ1v) is 7.16. The molecule has 0 saturated carbocycles. The summed E-state index contributed by atoms with van der Waals surface area (Å²) in [7, 11) is 0. The maximum Gasteiger partial charge on any atom is 0.190 e. The summed E-state index contributed by atoms with van der Waals surface area (Å²) in [6.45, 7) is 1.53. The molecule has 0 N–H and O–H groups in total. The number of carbonyl (C=O) groups excluding carboxylic acids is 3. The zero-order valence-corrected chi connectivity index (χ0v) is 12.4. The zero-order chi connectivity index (χ0) is 16.6. The predicted octanol–water partition coefficient (Wildman–Crippen LogP) is 3.79. The van der Waals surface area contributed by atoms with E-state index in [1.807, 2.05) is 0 Å². The first-order valence-electron chi connectivity index (χ1n) is 7.16. The molecule has 114 valence electrons. The van der Waals surface area contributed by atoms with Crippen molar-refractivity contribution < 1.29 is 18.8 Å². The number of benzene rings is 2. The third kappa shape index (κ3) is 2.52. The van der Waals surface area contributed by atoms with Crippen molar-refractivity contribution in [2.24, 2.45) is 0 Å². The molecule has 1 aliphatic rings. The number of halogens is 1. The third-order valence-electron chi connectivity index (χ3n) is 4.00. The van der Waals surface area contributed by atoms with Gasteiger partial charge in [0.25, 0.3) is 0 Å². The first kappa shape index (κ1) is 15.0. The molecule has 3 rings (SSSR count). The smallest absolute Gasteiger partial charge is 0.190 e. The maximum atomic E-state index is 13.7. The molecular formula is C19H13FO3. The van der Waals surface area contributed by atoms with Crippen molar-refractivity contribution in [1.29, 1.82) is 0 Å². The molecule has 2 aromatic carbocycles. The molecule has 0 radical (unpaired) electrons. The van der Waals surface area contributed by atoms with Gasteiger partial charge in [-0.2, -0.15) is 0 Å². The minimum absolute atomic E-state index is 0.0769. The Morgan fingerprint density at radius 2 is 1.48 bits per heavy atom. The number of Topliss-reactive ketones (excluding diaryl/α,β-unsaturated/α-hetero) is 3. The highest BCUT2D eigenvalue weighted by molar-refractivity contribution is 6.28. The van der Waals surface area contributed by atoms with E-state index in [0.29, 0.717) is 11.1 Å². The molecule has 2 aromatic rings. The van der Waals surface area contributed by atoms with E-state index in [2.05, 4.69) is 0 Å². The fourth-order valence-electron chi connectivity index (χ4n) is 2.71. The number of ketones is 3. The van der Waals surface area contributed by atoms with E-state index in [1.54, 1.807) is 30.3 Å². The maximum absolute atomic E-state index is 13.7. The number of carbonyl (C=O) groups is 3. The predicted molar refractivity (Wildman–Crippen MR) is 83.2 cm³/mol. The average molecular weight is 308 g/mol. The van der Waals surface area contributed by atoms with Gasteiger partial charge in [0, 0.05) is 28.7 Å². The molecule has 4 heteroatoms. The van der Waals surface area contributed by atoms with E-state index >= 15 is 0 Å². The van der Waals surface area contributed by atoms with E-state index in [9.17, 15) is 18.8 Å². The summed E-state index contributed by atoms with van der Waals surface area (Å²) >= 11 is 0. The molecule has 0 amide bonds. The Kier molecular flexibility index (Phi) is 3.74. The molecule has 0 aliphatic heterocycles. The van der Waals surface area contributed by atoms with E-state index in [1.165, 1.54) is 25.1 Å². The van der Waals surface area contributed by atoms with Gasteiger partial charge in [0.2, 0.25) is 0 Å². The zero-order valence-electron chi connectivity index (χ0n) is 12.4. The largest absolute Gasteiger partial charge is 0.294 e. The SMILES string of the molecule is CC1=C(CC(=O)c2ccccc2F)C(=O)c2ccccc2C1=O. The summed E-state index contributed by atoms with van der Waals surface area (Å²) in [5, 5.41) is 0. The summed E-state index contributed by atoms with van der Waals surface area (Å²) in [4.78, 5) is 37.2. The van der Waals surface area contributed by atoms with Gasteiger partial charge < -0.3 is 0 Å². The fraction of sp³-hybridized carbons (Fsp3) is 0.105. The van der Waals surface area contributed by atoms with Crippen LogP contribution in [0.2, 0.25) is 0 Å². The lowest BCUT2D eigenvalue weighted by Gasteiger charge is -2.18. The third-order valence-corrected chi connectivity index (χ3v) is 4.00. The molecule has 1 aliphatic carbocycles. The summed E-state index contributed by atoms with van der Waals surface area (Å²) in [6, 6.07) is 12.1. The van der Waals surface area contributed by atoms with Gasteiger partial charge in [-0.15, -0.1) is 0 Å². The van der Waals surface area contributed by atoms with Crippen molar-refractivity contribution in [3.63, 3.8) is 0 Å². The molecule has 0 atom stereocenters. The van der Waals surface area contributed by atoms with E-state index in [0.717, 1.165) is 0 Å². The van der Waals surface area contributed by atoms with Crippen LogP contribution in [0.4, 0.5) is 4.39 Å². The summed E-state index contributed by atoms with van der Waals surface area (Å²) in [5.41, 5.74) is 0.948. The normalized spacial score (nSPS) is 14.0. The van der Waals surface area contributed by atoms with Gasteiger partial charge in [0.15, 0.2) is 17.3 Å². The highest BCUT2D eigenvalue weighted by atomic mass is 19.1. The van der Waals surface area contributed by atoms with Crippen molar-refractivity contribution in [3.05, 3.63) is 82.2 Å². The van der Waals surface area contributed by atoms with E-state index in [4.69, 9.17) is 0 Å². The van der Waals surface area contributed by atoms with Gasteiger partial charge >= 0.3 is 0 Å². The lowest BCUT2D eigenvalue weighted by Crippen LogP contribution is -2.22. The van der Waals surface area contributed by atoms with Crippen LogP contribution in [0, 0.1) is 5.82 Å². The van der Waals surface area contributed by atoms with Crippen LogP contribution in [0.15, 0.2) is 59.7 Å². The molecule has 0 unspecified atom stereocenters. The lowest BCUT2D eigenvalue weighted by molar-refractivity contribution is 0.0941. The molecule has 0 aromatic heterocycles. The molecular weight excluding hydrogens is 295 g/mol. The Hall–Kier alpha value is -2.88. The van der Waals surface area contributed by atoms with Crippen molar-refractivity contribution in [2.75, 3.05) is 0 Å². The average Bonchev–Trinajstić information content (AvgIpc) is 2.57. The van der Waals surface area contributed by atoms with Crippen molar-refractivity contribution >= 4 is 17.3 Å². The number of hydrogen-bond acceptors (Lipinski definition) is 3. The van der Waals surface area contributed by atoms with Gasteiger partial charge in [-0.3, -0.25) is 14.4 Å². The first-order chi connectivity index (χ1) is 11.0. The molecule has 0 fully saturated rings. The Morgan fingerprint density at radius 3 is 2.13 bits per heavy atom. The number of fused-ring (bicyclic) bond motifs is 1. The fourth-order valence-corrected chi connectivity index (χ4v) is 2.71. The van der Waals surface area contributed by atoms with Gasteiger partial charge in [-0.05, 0) is 19.1 Å². The van der Waals surface area contributed by atoms with Crippen LogP contribution < -0.4 is 0 Å². The number of rotatable bonds is 3. The molecule has 3 nitrogen and oxygen atoms in total. The molecule has 23 heavy (non-hydrogen) atoms. The summed E-state index contributed by atoms with van der Waals surface area (Å²) in [6.07, 6.45) is -0.286. The second-order valence-electron chi connectivity index (χ2n) is 5.39. The summed E-state index contributed by atoms with van der Waals surface area (Å²) < 4.78 is 13.7. The van der Waals surface area contributed by atoms with Gasteiger partial charge in [-0.25, -0.2) is 4.39 Å².